The molecule has 31 heavy (non-hydrogen) atoms. The van der Waals surface area contributed by atoms with Gasteiger partial charge in [-0.3, -0.25) is 4.79 Å². The van der Waals surface area contributed by atoms with Crippen molar-refractivity contribution in [1.82, 2.24) is 0 Å². The van der Waals surface area contributed by atoms with E-state index < -0.39 is 0 Å². The average Bonchev–Trinajstić information content (AvgIpc) is 2.73. The normalized spacial score (nSPS) is 15.8. The Morgan fingerprint density at radius 3 is 1.87 bits per heavy atom. The van der Waals surface area contributed by atoms with Crippen molar-refractivity contribution >= 4 is 17.3 Å². The number of ether oxygens (including phenoxy) is 1. The third-order valence-corrected chi connectivity index (χ3v) is 6.19. The molecule has 1 amide bonds. The molecular formula is C27H38N2O2. The van der Waals surface area contributed by atoms with Gasteiger partial charge in [0.25, 0.3) is 5.91 Å². The summed E-state index contributed by atoms with van der Waals surface area (Å²) in [6.07, 6.45) is 2.47. The molecule has 0 saturated carbocycles. The van der Waals surface area contributed by atoms with Crippen LogP contribution in [0.15, 0.2) is 42.5 Å². The van der Waals surface area contributed by atoms with Crippen LogP contribution in [0.5, 0.6) is 0 Å². The second kappa shape index (κ2) is 9.04. The Hall–Kier alpha value is -2.33. The SMILES string of the molecule is COC1CCN(c2ccc(NC(=O)c3cc(C(C)(C)C)cc(C(C)(C)C)c3)cc2)CC1. The molecule has 0 atom stereocenters. The van der Waals surface area contributed by atoms with Crippen molar-refractivity contribution in [2.24, 2.45) is 0 Å². The zero-order valence-electron chi connectivity index (χ0n) is 20.2. The van der Waals surface area contributed by atoms with Gasteiger partial charge in [-0.25, -0.2) is 0 Å². The van der Waals surface area contributed by atoms with Gasteiger partial charge in [0.1, 0.15) is 0 Å². The number of rotatable bonds is 4. The Labute approximate surface area is 188 Å². The number of anilines is 2. The van der Waals surface area contributed by atoms with E-state index in [4.69, 9.17) is 4.74 Å². The van der Waals surface area contributed by atoms with Gasteiger partial charge in [0, 0.05) is 37.1 Å². The quantitative estimate of drug-likeness (QED) is 0.642. The van der Waals surface area contributed by atoms with Crippen molar-refractivity contribution in [3.8, 4) is 0 Å². The fourth-order valence-corrected chi connectivity index (χ4v) is 3.93. The molecule has 0 aliphatic carbocycles. The Morgan fingerprint density at radius 2 is 1.42 bits per heavy atom. The van der Waals surface area contributed by atoms with Crippen LogP contribution < -0.4 is 10.2 Å². The van der Waals surface area contributed by atoms with Gasteiger partial charge in [-0.05, 0) is 71.2 Å². The lowest BCUT2D eigenvalue weighted by molar-refractivity contribution is 0.0819. The lowest BCUT2D eigenvalue weighted by Gasteiger charge is -2.33. The predicted octanol–water partition coefficient (Wildman–Crippen LogP) is 6.15. The minimum Gasteiger partial charge on any atom is -0.381 e. The first-order valence-electron chi connectivity index (χ1n) is 11.3. The molecule has 0 unspecified atom stereocenters. The van der Waals surface area contributed by atoms with Gasteiger partial charge in [-0.2, -0.15) is 0 Å². The first kappa shape index (κ1) is 23.3. The molecule has 1 aliphatic heterocycles. The maximum atomic E-state index is 13.1. The Bertz CT molecular complexity index is 864. The molecule has 1 saturated heterocycles. The number of carbonyl (C=O) groups is 1. The molecule has 4 nitrogen and oxygen atoms in total. The van der Waals surface area contributed by atoms with E-state index in [9.17, 15) is 4.79 Å². The molecule has 4 heteroatoms. The average molecular weight is 423 g/mol. The van der Waals surface area contributed by atoms with Crippen molar-refractivity contribution in [2.45, 2.75) is 71.3 Å². The number of hydrogen-bond donors (Lipinski definition) is 1. The molecule has 1 fully saturated rings. The number of nitrogens with one attached hydrogen (secondary N) is 1. The molecule has 168 valence electrons. The van der Waals surface area contributed by atoms with Crippen LogP contribution in [0.1, 0.15) is 75.9 Å². The van der Waals surface area contributed by atoms with Gasteiger partial charge < -0.3 is 15.0 Å². The number of hydrogen-bond acceptors (Lipinski definition) is 3. The van der Waals surface area contributed by atoms with Crippen LogP contribution >= 0.6 is 0 Å². The smallest absolute Gasteiger partial charge is 0.255 e. The molecule has 1 heterocycles. The van der Waals surface area contributed by atoms with Crippen molar-refractivity contribution in [3.05, 3.63) is 59.2 Å². The van der Waals surface area contributed by atoms with E-state index in [1.165, 1.54) is 16.8 Å². The van der Waals surface area contributed by atoms with Crippen LogP contribution in [0.25, 0.3) is 0 Å². The molecule has 2 aromatic rings. The van der Waals surface area contributed by atoms with Crippen molar-refractivity contribution in [2.75, 3.05) is 30.4 Å². The van der Waals surface area contributed by atoms with Crippen LogP contribution in [0.4, 0.5) is 11.4 Å². The zero-order valence-corrected chi connectivity index (χ0v) is 20.2. The van der Waals surface area contributed by atoms with E-state index in [0.717, 1.165) is 31.6 Å². The monoisotopic (exact) mass is 422 g/mol. The van der Waals surface area contributed by atoms with Gasteiger partial charge in [0.05, 0.1) is 6.10 Å². The molecular weight excluding hydrogens is 384 g/mol. The van der Waals surface area contributed by atoms with Crippen molar-refractivity contribution < 1.29 is 9.53 Å². The van der Waals surface area contributed by atoms with E-state index in [2.05, 4.69) is 70.0 Å². The second-order valence-electron chi connectivity index (χ2n) is 10.7. The van der Waals surface area contributed by atoms with Gasteiger partial charge >= 0.3 is 0 Å². The summed E-state index contributed by atoms with van der Waals surface area (Å²) < 4.78 is 5.46. The molecule has 0 bridgehead atoms. The Morgan fingerprint density at radius 1 is 0.903 bits per heavy atom. The van der Waals surface area contributed by atoms with Crippen LogP contribution in [0.2, 0.25) is 0 Å². The molecule has 2 aromatic carbocycles. The largest absolute Gasteiger partial charge is 0.381 e. The summed E-state index contributed by atoms with van der Waals surface area (Å²) in [5.74, 6) is -0.0646. The highest BCUT2D eigenvalue weighted by atomic mass is 16.5. The maximum absolute atomic E-state index is 13.1. The van der Waals surface area contributed by atoms with Crippen LogP contribution in [0, 0.1) is 0 Å². The maximum Gasteiger partial charge on any atom is 0.255 e. The standard InChI is InChI=1S/C27H38N2O2/c1-26(2,3)20-16-19(17-21(18-20)27(4,5)6)25(30)28-22-8-10-23(11-9-22)29-14-12-24(31-7)13-15-29/h8-11,16-18,24H,12-15H2,1-7H3,(H,28,30). The highest BCUT2D eigenvalue weighted by Crippen LogP contribution is 2.31. The molecule has 1 N–H and O–H groups in total. The molecule has 0 radical (unpaired) electrons. The highest BCUT2D eigenvalue weighted by molar-refractivity contribution is 6.04. The minimum atomic E-state index is -0.0646. The summed E-state index contributed by atoms with van der Waals surface area (Å²) in [4.78, 5) is 15.5. The minimum absolute atomic E-state index is 0.0196. The van der Waals surface area contributed by atoms with E-state index >= 15 is 0 Å². The van der Waals surface area contributed by atoms with Gasteiger partial charge in [-0.15, -0.1) is 0 Å². The Kier molecular flexibility index (Phi) is 6.80. The summed E-state index contributed by atoms with van der Waals surface area (Å²) in [5.41, 5.74) is 5.04. The van der Waals surface area contributed by atoms with Crippen LogP contribution in [-0.2, 0) is 15.6 Å². The summed E-state index contributed by atoms with van der Waals surface area (Å²) >= 11 is 0. The van der Waals surface area contributed by atoms with E-state index in [0.29, 0.717) is 11.7 Å². The zero-order chi connectivity index (χ0) is 22.8. The summed E-state index contributed by atoms with van der Waals surface area (Å²) in [6, 6.07) is 14.5. The third-order valence-electron chi connectivity index (χ3n) is 6.19. The predicted molar refractivity (Wildman–Crippen MR) is 130 cm³/mol. The fraction of sp³-hybridized carbons (Fsp3) is 0.519. The number of amides is 1. The number of nitrogens with zero attached hydrogens (tertiary/aromatic N) is 1. The second-order valence-corrected chi connectivity index (χ2v) is 10.7. The van der Waals surface area contributed by atoms with Crippen molar-refractivity contribution in [1.29, 1.82) is 0 Å². The third kappa shape index (κ3) is 5.88. The van der Waals surface area contributed by atoms with Gasteiger partial charge in [-0.1, -0.05) is 47.6 Å². The first-order chi connectivity index (χ1) is 14.5. The lowest BCUT2D eigenvalue weighted by atomic mass is 9.79. The van der Waals surface area contributed by atoms with Gasteiger partial charge in [0.15, 0.2) is 0 Å². The molecule has 3 rings (SSSR count). The number of piperidine rings is 1. The van der Waals surface area contributed by atoms with Crippen LogP contribution in [-0.4, -0.2) is 32.2 Å². The Balaban J connectivity index is 1.75. The van der Waals surface area contributed by atoms with Gasteiger partial charge in [0.2, 0.25) is 0 Å². The summed E-state index contributed by atoms with van der Waals surface area (Å²) in [5, 5.41) is 3.08. The van der Waals surface area contributed by atoms with Crippen LogP contribution in [0.3, 0.4) is 0 Å². The number of methoxy groups -OCH3 is 1. The van der Waals surface area contributed by atoms with Crippen molar-refractivity contribution in [3.63, 3.8) is 0 Å². The summed E-state index contributed by atoms with van der Waals surface area (Å²) in [6.45, 7) is 15.1. The number of benzene rings is 2. The lowest BCUT2D eigenvalue weighted by Crippen LogP contribution is -2.36. The molecule has 0 aromatic heterocycles. The van der Waals surface area contributed by atoms with E-state index in [-0.39, 0.29) is 16.7 Å². The molecule has 0 spiro atoms. The fourth-order valence-electron chi connectivity index (χ4n) is 3.93. The number of carbonyl (C=O) groups excluding carboxylic acids is 1. The summed E-state index contributed by atoms with van der Waals surface area (Å²) in [7, 11) is 1.79. The van der Waals surface area contributed by atoms with E-state index in [1.807, 2.05) is 24.3 Å². The topological polar surface area (TPSA) is 41.6 Å². The first-order valence-corrected chi connectivity index (χ1v) is 11.3. The molecule has 1 aliphatic rings. The van der Waals surface area contributed by atoms with E-state index in [1.54, 1.807) is 7.11 Å². The highest BCUT2D eigenvalue weighted by Gasteiger charge is 2.23.